The molecule has 2 aromatic carbocycles. The van der Waals surface area contributed by atoms with Gasteiger partial charge in [-0.15, -0.1) is 0 Å². The van der Waals surface area contributed by atoms with Crippen LogP contribution in [-0.2, 0) is 16.1 Å². The molecule has 21 heavy (non-hydrogen) atoms. The van der Waals surface area contributed by atoms with Crippen LogP contribution in [0.1, 0.15) is 5.56 Å². The van der Waals surface area contributed by atoms with Gasteiger partial charge in [0.1, 0.15) is 0 Å². The Morgan fingerprint density at radius 3 is 2.43 bits per heavy atom. The molecular formula is C15H12Cl2N2O2. The van der Waals surface area contributed by atoms with Crippen LogP contribution in [0.4, 0.5) is 5.69 Å². The molecule has 0 bridgehead atoms. The predicted molar refractivity (Wildman–Crippen MR) is 83.4 cm³/mol. The Hall–Kier alpha value is -2.04. The summed E-state index contributed by atoms with van der Waals surface area (Å²) in [5, 5.41) is 5.98. The van der Waals surface area contributed by atoms with Gasteiger partial charge in [0, 0.05) is 22.3 Å². The molecule has 0 aliphatic heterocycles. The molecule has 0 aliphatic rings. The Balaban J connectivity index is 1.91. The monoisotopic (exact) mass is 322 g/mol. The molecule has 0 spiro atoms. The molecule has 2 amide bonds. The van der Waals surface area contributed by atoms with Gasteiger partial charge in [0.25, 0.3) is 0 Å². The zero-order valence-electron chi connectivity index (χ0n) is 10.9. The topological polar surface area (TPSA) is 58.2 Å². The van der Waals surface area contributed by atoms with Crippen LogP contribution in [0.2, 0.25) is 10.0 Å². The average Bonchev–Trinajstić information content (AvgIpc) is 2.46. The smallest absolute Gasteiger partial charge is 0.313 e. The van der Waals surface area contributed by atoms with Crippen LogP contribution in [0.3, 0.4) is 0 Å². The molecule has 0 unspecified atom stereocenters. The lowest BCUT2D eigenvalue weighted by molar-refractivity contribution is -0.136. The minimum Gasteiger partial charge on any atom is -0.344 e. The zero-order valence-corrected chi connectivity index (χ0v) is 12.4. The molecule has 4 nitrogen and oxygen atoms in total. The number of hydrogen-bond donors (Lipinski definition) is 2. The molecule has 108 valence electrons. The number of carbonyl (C=O) groups excluding carboxylic acids is 2. The summed E-state index contributed by atoms with van der Waals surface area (Å²) in [5.74, 6) is -1.50. The molecule has 2 N–H and O–H groups in total. The highest BCUT2D eigenvalue weighted by molar-refractivity contribution is 6.40. The first-order valence-corrected chi connectivity index (χ1v) is 6.90. The van der Waals surface area contributed by atoms with E-state index in [1.54, 1.807) is 48.5 Å². The Morgan fingerprint density at radius 1 is 0.952 bits per heavy atom. The van der Waals surface area contributed by atoms with Gasteiger partial charge in [-0.05, 0) is 29.8 Å². The molecular weight excluding hydrogens is 311 g/mol. The predicted octanol–water partition coefficient (Wildman–Crippen LogP) is 3.25. The van der Waals surface area contributed by atoms with Crippen LogP contribution < -0.4 is 10.6 Å². The van der Waals surface area contributed by atoms with E-state index in [1.807, 2.05) is 0 Å². The van der Waals surface area contributed by atoms with E-state index < -0.39 is 11.8 Å². The molecule has 0 radical (unpaired) electrons. The van der Waals surface area contributed by atoms with Crippen molar-refractivity contribution in [3.63, 3.8) is 0 Å². The summed E-state index contributed by atoms with van der Waals surface area (Å²) in [6.07, 6.45) is 0. The highest BCUT2D eigenvalue weighted by Gasteiger charge is 2.13. The molecule has 0 aromatic heterocycles. The second-order valence-corrected chi connectivity index (χ2v) is 5.08. The van der Waals surface area contributed by atoms with Crippen molar-refractivity contribution in [2.75, 3.05) is 5.32 Å². The first-order chi connectivity index (χ1) is 10.1. The van der Waals surface area contributed by atoms with Gasteiger partial charge in [-0.25, -0.2) is 0 Å². The van der Waals surface area contributed by atoms with Gasteiger partial charge in [-0.2, -0.15) is 0 Å². The quantitative estimate of drug-likeness (QED) is 0.852. The van der Waals surface area contributed by atoms with Crippen molar-refractivity contribution < 1.29 is 9.59 Å². The summed E-state index contributed by atoms with van der Waals surface area (Å²) in [7, 11) is 0. The summed E-state index contributed by atoms with van der Waals surface area (Å²) in [6.45, 7) is 0.182. The van der Waals surface area contributed by atoms with E-state index in [4.69, 9.17) is 23.2 Å². The van der Waals surface area contributed by atoms with Crippen molar-refractivity contribution >= 4 is 40.7 Å². The Bertz CT molecular complexity index is 674. The number of rotatable bonds is 3. The highest BCUT2D eigenvalue weighted by atomic mass is 35.5. The Labute approximate surface area is 132 Å². The molecule has 0 fully saturated rings. The van der Waals surface area contributed by atoms with E-state index >= 15 is 0 Å². The average molecular weight is 323 g/mol. The van der Waals surface area contributed by atoms with Crippen LogP contribution in [0.5, 0.6) is 0 Å². The van der Waals surface area contributed by atoms with Crippen LogP contribution in [-0.4, -0.2) is 11.8 Å². The Kier molecular flexibility index (Phi) is 5.20. The van der Waals surface area contributed by atoms with Crippen molar-refractivity contribution in [2.45, 2.75) is 6.54 Å². The maximum Gasteiger partial charge on any atom is 0.313 e. The van der Waals surface area contributed by atoms with E-state index in [9.17, 15) is 9.59 Å². The van der Waals surface area contributed by atoms with Crippen molar-refractivity contribution in [2.24, 2.45) is 0 Å². The fourth-order valence-corrected chi connectivity index (χ4v) is 2.04. The van der Waals surface area contributed by atoms with E-state index in [-0.39, 0.29) is 6.54 Å². The lowest BCUT2D eigenvalue weighted by Crippen LogP contribution is -2.35. The third kappa shape index (κ3) is 4.48. The van der Waals surface area contributed by atoms with Gasteiger partial charge >= 0.3 is 11.8 Å². The van der Waals surface area contributed by atoms with Crippen molar-refractivity contribution in [3.8, 4) is 0 Å². The molecule has 0 saturated carbocycles. The number of carbonyl (C=O) groups is 2. The summed E-state index contributed by atoms with van der Waals surface area (Å²) in [4.78, 5) is 23.4. The Morgan fingerprint density at radius 2 is 1.71 bits per heavy atom. The maximum atomic E-state index is 11.7. The summed E-state index contributed by atoms with van der Waals surface area (Å²) in [6, 6.07) is 13.6. The highest BCUT2D eigenvalue weighted by Crippen LogP contribution is 2.15. The van der Waals surface area contributed by atoms with Crippen LogP contribution in [0, 0.1) is 0 Å². The summed E-state index contributed by atoms with van der Waals surface area (Å²) in [5.41, 5.74) is 1.20. The number of benzene rings is 2. The number of anilines is 1. The van der Waals surface area contributed by atoms with Gasteiger partial charge < -0.3 is 10.6 Å². The normalized spacial score (nSPS) is 10.0. The minimum atomic E-state index is -0.760. The number of nitrogens with one attached hydrogen (secondary N) is 2. The molecule has 0 atom stereocenters. The fraction of sp³-hybridized carbons (Fsp3) is 0.0667. The lowest BCUT2D eigenvalue weighted by Gasteiger charge is -2.08. The van der Waals surface area contributed by atoms with Crippen molar-refractivity contribution in [1.82, 2.24) is 5.32 Å². The number of hydrogen-bond acceptors (Lipinski definition) is 2. The molecule has 0 saturated heterocycles. The second kappa shape index (κ2) is 7.11. The molecule has 2 aromatic rings. The van der Waals surface area contributed by atoms with E-state index in [0.29, 0.717) is 15.7 Å². The van der Waals surface area contributed by atoms with Crippen molar-refractivity contribution in [1.29, 1.82) is 0 Å². The zero-order chi connectivity index (χ0) is 15.2. The standard InChI is InChI=1S/C15H12Cl2N2O2/c16-11-5-3-6-12(8-11)19-15(21)14(20)18-9-10-4-1-2-7-13(10)17/h1-8H,9H2,(H,18,20)(H,19,21). The number of halogens is 2. The summed E-state index contributed by atoms with van der Waals surface area (Å²) < 4.78 is 0. The summed E-state index contributed by atoms with van der Waals surface area (Å²) >= 11 is 11.8. The van der Waals surface area contributed by atoms with E-state index in [0.717, 1.165) is 5.56 Å². The lowest BCUT2D eigenvalue weighted by atomic mass is 10.2. The SMILES string of the molecule is O=C(NCc1ccccc1Cl)C(=O)Nc1cccc(Cl)c1. The van der Waals surface area contributed by atoms with Gasteiger partial charge in [-0.1, -0.05) is 47.5 Å². The van der Waals surface area contributed by atoms with Crippen molar-refractivity contribution in [3.05, 3.63) is 64.1 Å². The van der Waals surface area contributed by atoms with Gasteiger partial charge in [0.15, 0.2) is 0 Å². The van der Waals surface area contributed by atoms with Crippen LogP contribution >= 0.6 is 23.2 Å². The van der Waals surface area contributed by atoms with Gasteiger partial charge in [0.2, 0.25) is 0 Å². The number of amides is 2. The molecule has 2 rings (SSSR count). The first-order valence-electron chi connectivity index (χ1n) is 6.14. The fourth-order valence-electron chi connectivity index (χ4n) is 1.65. The third-order valence-corrected chi connectivity index (χ3v) is 3.29. The first kappa shape index (κ1) is 15.4. The minimum absolute atomic E-state index is 0.182. The van der Waals surface area contributed by atoms with Gasteiger partial charge in [-0.3, -0.25) is 9.59 Å². The maximum absolute atomic E-state index is 11.7. The third-order valence-electron chi connectivity index (χ3n) is 2.69. The molecule has 0 heterocycles. The molecule has 6 heteroatoms. The van der Waals surface area contributed by atoms with Crippen LogP contribution in [0.25, 0.3) is 0 Å². The van der Waals surface area contributed by atoms with Gasteiger partial charge in [0.05, 0.1) is 0 Å². The largest absolute Gasteiger partial charge is 0.344 e. The van der Waals surface area contributed by atoms with E-state index in [1.165, 1.54) is 0 Å². The second-order valence-electron chi connectivity index (χ2n) is 4.24. The van der Waals surface area contributed by atoms with Crippen LogP contribution in [0.15, 0.2) is 48.5 Å². The molecule has 0 aliphatic carbocycles. The van der Waals surface area contributed by atoms with E-state index in [2.05, 4.69) is 10.6 Å².